The summed E-state index contributed by atoms with van der Waals surface area (Å²) in [6.07, 6.45) is 1.99. The second-order valence-corrected chi connectivity index (χ2v) is 7.96. The Morgan fingerprint density at radius 2 is 1.72 bits per heavy atom. The summed E-state index contributed by atoms with van der Waals surface area (Å²) in [6.45, 7) is 0.336. The number of ether oxygens (including phenoxy) is 2. The molecule has 7 heteroatoms. The maximum atomic E-state index is 12.9. The van der Waals surface area contributed by atoms with Crippen LogP contribution in [0.25, 0.3) is 0 Å². The fourth-order valence-electron chi connectivity index (χ4n) is 3.15. The number of nitrogens with one attached hydrogen (secondary N) is 2. The van der Waals surface area contributed by atoms with Gasteiger partial charge >= 0.3 is 0 Å². The van der Waals surface area contributed by atoms with E-state index in [4.69, 9.17) is 21.1 Å². The van der Waals surface area contributed by atoms with Gasteiger partial charge in [0.15, 0.2) is 11.5 Å². The van der Waals surface area contributed by atoms with Crippen molar-refractivity contribution in [2.24, 2.45) is 0 Å². The Labute approximate surface area is 191 Å². The molecule has 2 N–H and O–H groups in total. The number of halogens is 1. The Kier molecular flexibility index (Phi) is 6.61. The van der Waals surface area contributed by atoms with Gasteiger partial charge in [-0.15, -0.1) is 0 Å². The van der Waals surface area contributed by atoms with E-state index in [0.717, 1.165) is 18.4 Å². The molecule has 3 aromatic rings. The third-order valence-corrected chi connectivity index (χ3v) is 5.32. The van der Waals surface area contributed by atoms with Crippen LogP contribution < -0.4 is 20.1 Å². The lowest BCUT2D eigenvalue weighted by Crippen LogP contribution is -2.27. The molecule has 1 saturated carbocycles. The molecule has 0 bridgehead atoms. The molecular weight excluding hydrogens is 428 g/mol. The summed E-state index contributed by atoms with van der Waals surface area (Å²) >= 11 is 5.91. The molecule has 1 aliphatic rings. The van der Waals surface area contributed by atoms with Crippen molar-refractivity contribution in [1.82, 2.24) is 5.32 Å². The third-order valence-electron chi connectivity index (χ3n) is 5.07. The summed E-state index contributed by atoms with van der Waals surface area (Å²) in [5.41, 5.74) is 2.23. The molecule has 3 aromatic carbocycles. The van der Waals surface area contributed by atoms with E-state index in [9.17, 15) is 9.59 Å². The molecule has 0 unspecified atom stereocenters. The summed E-state index contributed by atoms with van der Waals surface area (Å²) in [7, 11) is 1.52. The van der Waals surface area contributed by atoms with E-state index in [0.29, 0.717) is 39.9 Å². The molecule has 1 fully saturated rings. The molecule has 2 amide bonds. The molecule has 164 valence electrons. The first kappa shape index (κ1) is 21.7. The standard InChI is InChI=1S/C25H23ClN2O4/c1-31-23-14-17(8-13-22(23)32-15-16-6-9-18(26)10-7-16)24(29)28-21-5-3-2-4-20(21)25(30)27-19-11-12-19/h2-10,13-14,19H,11-12,15H2,1H3,(H,27,30)(H,28,29). The van der Waals surface area contributed by atoms with Gasteiger partial charge < -0.3 is 20.1 Å². The minimum Gasteiger partial charge on any atom is -0.493 e. The fraction of sp³-hybridized carbons (Fsp3) is 0.200. The van der Waals surface area contributed by atoms with Crippen molar-refractivity contribution in [3.63, 3.8) is 0 Å². The Morgan fingerprint density at radius 3 is 2.44 bits per heavy atom. The van der Waals surface area contributed by atoms with Crippen molar-refractivity contribution >= 4 is 29.1 Å². The minimum absolute atomic E-state index is 0.188. The summed E-state index contributed by atoms with van der Waals surface area (Å²) in [5, 5.41) is 6.43. The van der Waals surface area contributed by atoms with Crippen LogP contribution in [0.1, 0.15) is 39.1 Å². The van der Waals surface area contributed by atoms with Crippen molar-refractivity contribution in [2.45, 2.75) is 25.5 Å². The largest absolute Gasteiger partial charge is 0.493 e. The molecule has 0 radical (unpaired) electrons. The molecule has 1 aliphatic carbocycles. The van der Waals surface area contributed by atoms with Gasteiger partial charge in [0.1, 0.15) is 6.61 Å². The number of benzene rings is 3. The van der Waals surface area contributed by atoms with Crippen molar-refractivity contribution < 1.29 is 19.1 Å². The predicted molar refractivity (Wildman–Crippen MR) is 124 cm³/mol. The molecule has 0 saturated heterocycles. The highest BCUT2D eigenvalue weighted by Gasteiger charge is 2.25. The van der Waals surface area contributed by atoms with E-state index < -0.39 is 0 Å². The van der Waals surface area contributed by atoms with Crippen LogP contribution in [0.3, 0.4) is 0 Å². The molecular formula is C25H23ClN2O4. The van der Waals surface area contributed by atoms with Gasteiger partial charge in [-0.2, -0.15) is 0 Å². The van der Waals surface area contributed by atoms with Crippen molar-refractivity contribution in [1.29, 1.82) is 0 Å². The number of amides is 2. The van der Waals surface area contributed by atoms with Gasteiger partial charge in [-0.1, -0.05) is 35.9 Å². The first-order chi connectivity index (χ1) is 15.5. The van der Waals surface area contributed by atoms with Gasteiger partial charge in [-0.3, -0.25) is 9.59 Å². The van der Waals surface area contributed by atoms with Gasteiger partial charge in [-0.25, -0.2) is 0 Å². The lowest BCUT2D eigenvalue weighted by Gasteiger charge is -2.14. The number of rotatable bonds is 8. The van der Waals surface area contributed by atoms with E-state index in [1.807, 2.05) is 12.1 Å². The summed E-state index contributed by atoms with van der Waals surface area (Å²) in [6, 6.07) is 19.5. The predicted octanol–water partition coefficient (Wildman–Crippen LogP) is 5.07. The number of anilines is 1. The molecule has 32 heavy (non-hydrogen) atoms. The first-order valence-electron chi connectivity index (χ1n) is 10.3. The van der Waals surface area contributed by atoms with Gasteiger partial charge in [0, 0.05) is 16.6 Å². The Hall–Kier alpha value is -3.51. The second-order valence-electron chi connectivity index (χ2n) is 7.53. The van der Waals surface area contributed by atoms with E-state index in [1.165, 1.54) is 7.11 Å². The SMILES string of the molecule is COc1cc(C(=O)Nc2ccccc2C(=O)NC2CC2)ccc1OCc1ccc(Cl)cc1. The lowest BCUT2D eigenvalue weighted by atomic mass is 10.1. The topological polar surface area (TPSA) is 76.7 Å². The van der Waals surface area contributed by atoms with Crippen LogP contribution in [0.5, 0.6) is 11.5 Å². The normalized spacial score (nSPS) is 12.7. The summed E-state index contributed by atoms with van der Waals surface area (Å²) in [4.78, 5) is 25.3. The maximum Gasteiger partial charge on any atom is 0.255 e. The zero-order valence-corrected chi connectivity index (χ0v) is 18.3. The molecule has 6 nitrogen and oxygen atoms in total. The van der Waals surface area contributed by atoms with E-state index >= 15 is 0 Å². The quantitative estimate of drug-likeness (QED) is 0.502. The molecule has 0 aliphatic heterocycles. The van der Waals surface area contributed by atoms with Crippen molar-refractivity contribution in [3.8, 4) is 11.5 Å². The highest BCUT2D eigenvalue weighted by molar-refractivity contribution is 6.30. The van der Waals surface area contributed by atoms with Crippen molar-refractivity contribution in [3.05, 3.63) is 88.4 Å². The van der Waals surface area contributed by atoms with Crippen LogP contribution in [0.15, 0.2) is 66.7 Å². The first-order valence-corrected chi connectivity index (χ1v) is 10.7. The van der Waals surface area contributed by atoms with Gasteiger partial charge in [-0.05, 0) is 60.9 Å². The maximum absolute atomic E-state index is 12.9. The van der Waals surface area contributed by atoms with E-state index in [-0.39, 0.29) is 17.9 Å². The number of methoxy groups -OCH3 is 1. The second kappa shape index (κ2) is 9.75. The van der Waals surface area contributed by atoms with Crippen molar-refractivity contribution in [2.75, 3.05) is 12.4 Å². The van der Waals surface area contributed by atoms with Gasteiger partial charge in [0.05, 0.1) is 18.4 Å². The summed E-state index contributed by atoms with van der Waals surface area (Å²) < 4.78 is 11.3. The number of carbonyl (C=O) groups is 2. The monoisotopic (exact) mass is 450 g/mol. The smallest absolute Gasteiger partial charge is 0.255 e. The van der Waals surface area contributed by atoms with Gasteiger partial charge in [0.2, 0.25) is 0 Å². The molecule has 0 aromatic heterocycles. The highest BCUT2D eigenvalue weighted by atomic mass is 35.5. The van der Waals surface area contributed by atoms with Crippen LogP contribution in [-0.4, -0.2) is 25.0 Å². The number of carbonyl (C=O) groups excluding carboxylic acids is 2. The van der Waals surface area contributed by atoms with Crippen LogP contribution in [0.2, 0.25) is 5.02 Å². The van der Waals surface area contributed by atoms with E-state index in [2.05, 4.69) is 10.6 Å². The summed E-state index contributed by atoms with van der Waals surface area (Å²) in [5.74, 6) is 0.417. The Bertz CT molecular complexity index is 1130. The van der Waals surface area contributed by atoms with Crippen LogP contribution >= 0.6 is 11.6 Å². The number of hydrogen-bond acceptors (Lipinski definition) is 4. The van der Waals surface area contributed by atoms with Gasteiger partial charge in [0.25, 0.3) is 11.8 Å². The Morgan fingerprint density at radius 1 is 0.969 bits per heavy atom. The average molecular weight is 451 g/mol. The molecule has 0 atom stereocenters. The molecule has 0 heterocycles. The van der Waals surface area contributed by atoms with Crippen LogP contribution in [-0.2, 0) is 6.61 Å². The molecule has 0 spiro atoms. The zero-order chi connectivity index (χ0) is 22.5. The van der Waals surface area contributed by atoms with Crippen LogP contribution in [0, 0.1) is 0 Å². The Balaban J connectivity index is 1.46. The highest BCUT2D eigenvalue weighted by Crippen LogP contribution is 2.30. The lowest BCUT2D eigenvalue weighted by molar-refractivity contribution is 0.0952. The molecule has 4 rings (SSSR count). The van der Waals surface area contributed by atoms with E-state index in [1.54, 1.807) is 54.6 Å². The zero-order valence-electron chi connectivity index (χ0n) is 17.6. The third kappa shape index (κ3) is 5.39. The minimum atomic E-state index is -0.348. The number of para-hydroxylation sites is 1. The average Bonchev–Trinajstić information content (AvgIpc) is 3.63. The van der Waals surface area contributed by atoms with Crippen LogP contribution in [0.4, 0.5) is 5.69 Å². The number of hydrogen-bond donors (Lipinski definition) is 2. The fourth-order valence-corrected chi connectivity index (χ4v) is 3.27.